The third-order valence-electron chi connectivity index (χ3n) is 2.91. The second-order valence-electron chi connectivity index (χ2n) is 4.76. The van der Waals surface area contributed by atoms with Crippen molar-refractivity contribution in [1.29, 1.82) is 0 Å². The summed E-state index contributed by atoms with van der Waals surface area (Å²) >= 11 is 6.06. The van der Waals surface area contributed by atoms with Crippen molar-refractivity contribution in [2.75, 3.05) is 24.6 Å². The molecule has 2 rings (SSSR count). The first kappa shape index (κ1) is 14.5. The molecule has 0 spiro atoms. The zero-order chi connectivity index (χ0) is 13.8. The fourth-order valence-corrected chi connectivity index (χ4v) is 2.43. The Morgan fingerprint density at radius 2 is 2.05 bits per heavy atom. The first-order chi connectivity index (χ1) is 9.08. The summed E-state index contributed by atoms with van der Waals surface area (Å²) in [6.45, 7) is 8.71. The van der Waals surface area contributed by atoms with Gasteiger partial charge in [-0.15, -0.1) is 0 Å². The first-order valence-corrected chi connectivity index (χ1v) is 6.98. The Bertz CT molecular complexity index is 420. The first-order valence-electron chi connectivity index (χ1n) is 6.60. The molecule has 0 saturated carbocycles. The van der Waals surface area contributed by atoms with Gasteiger partial charge in [0, 0.05) is 25.8 Å². The number of nitrogens with zero attached hydrogens (tertiary/aromatic N) is 3. The third-order valence-corrected chi connectivity index (χ3v) is 3.10. The minimum atomic E-state index is 0.188. The number of aromatic nitrogens is 2. The zero-order valence-corrected chi connectivity index (χ0v) is 12.4. The minimum Gasteiger partial charge on any atom is -0.374 e. The predicted molar refractivity (Wildman–Crippen MR) is 74.6 cm³/mol. The van der Waals surface area contributed by atoms with Crippen molar-refractivity contribution in [2.45, 2.75) is 39.6 Å². The summed E-state index contributed by atoms with van der Waals surface area (Å²) in [6, 6.07) is 1.79. The van der Waals surface area contributed by atoms with Crippen molar-refractivity contribution < 1.29 is 9.47 Å². The molecule has 1 aromatic heterocycles. The van der Waals surface area contributed by atoms with Gasteiger partial charge in [0.15, 0.2) is 5.82 Å². The van der Waals surface area contributed by atoms with Crippen LogP contribution in [0.5, 0.6) is 0 Å². The quantitative estimate of drug-likeness (QED) is 0.794. The average Bonchev–Trinajstić information content (AvgIpc) is 2.34. The molecule has 1 aliphatic heterocycles. The Kier molecular flexibility index (Phi) is 4.96. The van der Waals surface area contributed by atoms with Crippen LogP contribution in [0.4, 0.5) is 5.82 Å². The molecular formula is C13H20ClN3O2. The molecule has 5 nitrogen and oxygen atoms in total. The molecule has 0 bridgehead atoms. The molecule has 1 aliphatic rings. The summed E-state index contributed by atoms with van der Waals surface area (Å²) in [6.07, 6.45) is 0.376. The van der Waals surface area contributed by atoms with Gasteiger partial charge in [-0.1, -0.05) is 11.6 Å². The van der Waals surface area contributed by atoms with Gasteiger partial charge >= 0.3 is 0 Å². The van der Waals surface area contributed by atoms with Crippen molar-refractivity contribution in [3.05, 3.63) is 17.0 Å². The van der Waals surface area contributed by atoms with Gasteiger partial charge in [0.2, 0.25) is 0 Å². The number of halogens is 1. The van der Waals surface area contributed by atoms with E-state index in [1.54, 1.807) is 6.07 Å². The van der Waals surface area contributed by atoms with Crippen LogP contribution in [-0.4, -0.2) is 41.9 Å². The van der Waals surface area contributed by atoms with Gasteiger partial charge in [-0.2, -0.15) is 0 Å². The van der Waals surface area contributed by atoms with E-state index in [0.717, 1.165) is 18.9 Å². The standard InChI is InChI=1S/C13H20ClN3O2/c1-4-18-8-12-15-11(14)5-13(16-12)17-6-9(2)19-10(3)7-17/h5,9-10H,4,6-8H2,1-3H3/t9-,10+. The highest BCUT2D eigenvalue weighted by Gasteiger charge is 2.23. The number of morpholine rings is 1. The van der Waals surface area contributed by atoms with Gasteiger partial charge in [0.05, 0.1) is 12.2 Å². The van der Waals surface area contributed by atoms with Gasteiger partial charge < -0.3 is 14.4 Å². The molecule has 0 radical (unpaired) electrons. The Hall–Kier alpha value is -0.910. The summed E-state index contributed by atoms with van der Waals surface area (Å²) in [5, 5.41) is 0.450. The maximum Gasteiger partial charge on any atom is 0.158 e. The molecule has 106 valence electrons. The molecule has 6 heteroatoms. The summed E-state index contributed by atoms with van der Waals surface area (Å²) < 4.78 is 11.1. The van der Waals surface area contributed by atoms with Crippen molar-refractivity contribution in [2.24, 2.45) is 0 Å². The fraction of sp³-hybridized carbons (Fsp3) is 0.692. The van der Waals surface area contributed by atoms with Crippen molar-refractivity contribution in [1.82, 2.24) is 9.97 Å². The summed E-state index contributed by atoms with van der Waals surface area (Å²) in [7, 11) is 0. The summed E-state index contributed by atoms with van der Waals surface area (Å²) in [5.74, 6) is 1.47. The van der Waals surface area contributed by atoms with Crippen LogP contribution in [0.25, 0.3) is 0 Å². The van der Waals surface area contributed by atoms with Crippen LogP contribution in [0, 0.1) is 0 Å². The van der Waals surface area contributed by atoms with E-state index in [9.17, 15) is 0 Å². The summed E-state index contributed by atoms with van der Waals surface area (Å²) in [5.41, 5.74) is 0. The Balaban J connectivity index is 2.16. The van der Waals surface area contributed by atoms with E-state index in [1.807, 2.05) is 6.92 Å². The average molecular weight is 286 g/mol. The number of rotatable bonds is 4. The molecule has 1 saturated heterocycles. The lowest BCUT2D eigenvalue weighted by atomic mass is 10.2. The maximum absolute atomic E-state index is 6.06. The van der Waals surface area contributed by atoms with Crippen LogP contribution in [0.2, 0.25) is 5.15 Å². The molecule has 0 aromatic carbocycles. The molecule has 0 amide bonds. The van der Waals surface area contributed by atoms with Crippen LogP contribution in [0.15, 0.2) is 6.07 Å². The number of ether oxygens (including phenoxy) is 2. The molecule has 2 atom stereocenters. The van der Waals surface area contributed by atoms with Crippen LogP contribution >= 0.6 is 11.6 Å². The van der Waals surface area contributed by atoms with Crippen LogP contribution < -0.4 is 4.90 Å². The van der Waals surface area contributed by atoms with Gasteiger partial charge in [-0.25, -0.2) is 9.97 Å². The second kappa shape index (κ2) is 6.50. The largest absolute Gasteiger partial charge is 0.374 e. The van der Waals surface area contributed by atoms with E-state index in [-0.39, 0.29) is 12.2 Å². The topological polar surface area (TPSA) is 47.5 Å². The molecule has 2 heterocycles. The van der Waals surface area contributed by atoms with Crippen LogP contribution in [0.1, 0.15) is 26.6 Å². The second-order valence-corrected chi connectivity index (χ2v) is 5.15. The van der Waals surface area contributed by atoms with Gasteiger partial charge in [-0.3, -0.25) is 0 Å². The Morgan fingerprint density at radius 1 is 1.37 bits per heavy atom. The molecule has 19 heavy (non-hydrogen) atoms. The fourth-order valence-electron chi connectivity index (χ4n) is 2.24. The molecule has 1 fully saturated rings. The predicted octanol–water partition coefficient (Wildman–Crippen LogP) is 2.28. The zero-order valence-electron chi connectivity index (χ0n) is 11.6. The molecule has 0 unspecified atom stereocenters. The van der Waals surface area contributed by atoms with Crippen LogP contribution in [-0.2, 0) is 16.1 Å². The van der Waals surface area contributed by atoms with E-state index in [4.69, 9.17) is 21.1 Å². The maximum atomic E-state index is 6.06. The van der Waals surface area contributed by atoms with E-state index in [2.05, 4.69) is 28.7 Å². The highest BCUT2D eigenvalue weighted by Crippen LogP contribution is 2.21. The SMILES string of the molecule is CCOCc1nc(Cl)cc(N2C[C@@H](C)O[C@@H](C)C2)n1. The summed E-state index contributed by atoms with van der Waals surface area (Å²) in [4.78, 5) is 10.9. The lowest BCUT2D eigenvalue weighted by Crippen LogP contribution is -2.46. The smallest absolute Gasteiger partial charge is 0.158 e. The van der Waals surface area contributed by atoms with Crippen molar-refractivity contribution in [3.63, 3.8) is 0 Å². The van der Waals surface area contributed by atoms with E-state index < -0.39 is 0 Å². The minimum absolute atomic E-state index is 0.188. The van der Waals surface area contributed by atoms with Crippen molar-refractivity contribution >= 4 is 17.4 Å². The Labute approximate surface area is 118 Å². The molecular weight excluding hydrogens is 266 g/mol. The lowest BCUT2D eigenvalue weighted by molar-refractivity contribution is -0.00549. The third kappa shape index (κ3) is 4.03. The Morgan fingerprint density at radius 3 is 2.68 bits per heavy atom. The number of hydrogen-bond donors (Lipinski definition) is 0. The van der Waals surface area contributed by atoms with Crippen molar-refractivity contribution in [3.8, 4) is 0 Å². The number of anilines is 1. The highest BCUT2D eigenvalue weighted by molar-refractivity contribution is 6.29. The van der Waals surface area contributed by atoms with Gasteiger partial charge in [-0.05, 0) is 20.8 Å². The van der Waals surface area contributed by atoms with Crippen LogP contribution in [0.3, 0.4) is 0 Å². The molecule has 0 N–H and O–H groups in total. The monoisotopic (exact) mass is 285 g/mol. The van der Waals surface area contributed by atoms with E-state index in [1.165, 1.54) is 0 Å². The highest BCUT2D eigenvalue weighted by atomic mass is 35.5. The molecule has 1 aromatic rings. The van der Waals surface area contributed by atoms with Gasteiger partial charge in [0.25, 0.3) is 0 Å². The van der Waals surface area contributed by atoms with E-state index >= 15 is 0 Å². The van der Waals surface area contributed by atoms with Gasteiger partial charge in [0.1, 0.15) is 17.6 Å². The number of hydrogen-bond acceptors (Lipinski definition) is 5. The molecule has 0 aliphatic carbocycles. The normalized spacial score (nSPS) is 23.7. The lowest BCUT2D eigenvalue weighted by Gasteiger charge is -2.36. The van der Waals surface area contributed by atoms with E-state index in [0.29, 0.717) is 24.2 Å².